The molecule has 1 aromatic rings. The summed E-state index contributed by atoms with van der Waals surface area (Å²) >= 11 is 0. The van der Waals surface area contributed by atoms with E-state index in [1.165, 1.54) is 12.1 Å². The molecule has 1 unspecified atom stereocenters. The second-order valence-corrected chi connectivity index (χ2v) is 5.72. The summed E-state index contributed by atoms with van der Waals surface area (Å²) < 4.78 is 47.9. The number of carbonyl (C=O) groups is 1. The van der Waals surface area contributed by atoms with Crippen molar-refractivity contribution >= 4 is 22.5 Å². The number of carbonyl (C=O) groups excluding carboxylic acids is 1. The molecule has 118 valence electrons. The van der Waals surface area contributed by atoms with E-state index in [9.17, 15) is 22.2 Å². The predicted molar refractivity (Wildman–Crippen MR) is 72.2 cm³/mol. The zero-order valence-corrected chi connectivity index (χ0v) is 11.9. The number of aliphatic hydroxyl groups is 1. The summed E-state index contributed by atoms with van der Waals surface area (Å²) in [6, 6.07) is 3.75. The van der Waals surface area contributed by atoms with E-state index in [0.29, 0.717) is 6.42 Å². The van der Waals surface area contributed by atoms with E-state index < -0.39 is 22.3 Å². The minimum Gasteiger partial charge on any atom is -0.396 e. The standard InChI is InChI=1S/C12H15F3N2O3S/c1-8(6-7-18)16-11(19)17-9-2-4-10(5-3-9)21(20)12(13,14)15/h2-5,8,18H,6-7H2,1H3,(H2,16,17,19)/t8-,21?/m1/s1. The van der Waals surface area contributed by atoms with Gasteiger partial charge in [0.2, 0.25) is 0 Å². The van der Waals surface area contributed by atoms with E-state index in [1.807, 2.05) is 0 Å². The largest absolute Gasteiger partial charge is 0.475 e. The fraction of sp³-hybridized carbons (Fsp3) is 0.417. The number of urea groups is 1. The van der Waals surface area contributed by atoms with Crippen LogP contribution in [0.2, 0.25) is 0 Å². The van der Waals surface area contributed by atoms with Gasteiger partial charge < -0.3 is 15.7 Å². The SMILES string of the molecule is C[C@H](CCO)NC(=O)Nc1ccc(S(=O)C(F)(F)F)cc1. The van der Waals surface area contributed by atoms with E-state index in [2.05, 4.69) is 10.6 Å². The number of halogens is 3. The highest BCUT2D eigenvalue weighted by molar-refractivity contribution is 7.86. The Morgan fingerprint density at radius 2 is 1.90 bits per heavy atom. The van der Waals surface area contributed by atoms with Gasteiger partial charge in [-0.3, -0.25) is 0 Å². The monoisotopic (exact) mass is 324 g/mol. The van der Waals surface area contributed by atoms with Crippen LogP contribution in [-0.4, -0.2) is 33.5 Å². The van der Waals surface area contributed by atoms with Gasteiger partial charge in [0.1, 0.15) is 0 Å². The van der Waals surface area contributed by atoms with Gasteiger partial charge in [-0.25, -0.2) is 9.00 Å². The summed E-state index contributed by atoms with van der Waals surface area (Å²) in [7, 11) is -3.09. The molecule has 21 heavy (non-hydrogen) atoms. The lowest BCUT2D eigenvalue weighted by Gasteiger charge is -2.13. The molecule has 0 heterocycles. The number of hydrogen-bond donors (Lipinski definition) is 3. The van der Waals surface area contributed by atoms with Crippen molar-refractivity contribution in [2.75, 3.05) is 11.9 Å². The molecule has 2 amide bonds. The first-order valence-electron chi connectivity index (χ1n) is 6.01. The maximum Gasteiger partial charge on any atom is 0.475 e. The van der Waals surface area contributed by atoms with Crippen LogP contribution in [-0.2, 0) is 10.8 Å². The third-order valence-corrected chi connectivity index (χ3v) is 3.60. The Kier molecular flexibility index (Phi) is 6.16. The van der Waals surface area contributed by atoms with Gasteiger partial charge in [-0.2, -0.15) is 13.2 Å². The van der Waals surface area contributed by atoms with Crippen molar-refractivity contribution in [2.24, 2.45) is 0 Å². The van der Waals surface area contributed by atoms with Crippen molar-refractivity contribution in [3.05, 3.63) is 24.3 Å². The molecule has 2 atom stereocenters. The van der Waals surface area contributed by atoms with Crippen molar-refractivity contribution in [1.82, 2.24) is 5.32 Å². The van der Waals surface area contributed by atoms with Crippen LogP contribution in [0.4, 0.5) is 23.7 Å². The Balaban J connectivity index is 2.63. The molecule has 0 bridgehead atoms. The van der Waals surface area contributed by atoms with E-state index in [-0.39, 0.29) is 23.2 Å². The van der Waals surface area contributed by atoms with Gasteiger partial charge in [-0.15, -0.1) is 0 Å². The van der Waals surface area contributed by atoms with Crippen LogP contribution in [0.5, 0.6) is 0 Å². The fourth-order valence-electron chi connectivity index (χ4n) is 1.45. The van der Waals surface area contributed by atoms with Gasteiger partial charge in [0.15, 0.2) is 10.8 Å². The molecule has 0 radical (unpaired) electrons. The van der Waals surface area contributed by atoms with Crippen LogP contribution in [0.1, 0.15) is 13.3 Å². The van der Waals surface area contributed by atoms with Crippen LogP contribution in [0.15, 0.2) is 29.2 Å². The predicted octanol–water partition coefficient (Wildman–Crippen LogP) is 2.21. The van der Waals surface area contributed by atoms with Gasteiger partial charge in [0, 0.05) is 23.2 Å². The quantitative estimate of drug-likeness (QED) is 0.777. The Labute approximate surface area is 122 Å². The lowest BCUT2D eigenvalue weighted by molar-refractivity contribution is -0.0384. The van der Waals surface area contributed by atoms with Crippen LogP contribution >= 0.6 is 0 Å². The van der Waals surface area contributed by atoms with Gasteiger partial charge in [0.25, 0.3) is 0 Å². The molecule has 0 saturated heterocycles. The second-order valence-electron chi connectivity index (χ2n) is 4.25. The van der Waals surface area contributed by atoms with E-state index in [4.69, 9.17) is 5.11 Å². The highest BCUT2D eigenvalue weighted by Crippen LogP contribution is 2.26. The number of anilines is 1. The lowest BCUT2D eigenvalue weighted by atomic mass is 10.2. The first-order valence-corrected chi connectivity index (χ1v) is 7.16. The van der Waals surface area contributed by atoms with E-state index >= 15 is 0 Å². The first kappa shape index (κ1) is 17.4. The highest BCUT2D eigenvalue weighted by Gasteiger charge is 2.37. The minimum absolute atomic E-state index is 0.0700. The zero-order valence-electron chi connectivity index (χ0n) is 11.1. The number of aliphatic hydroxyl groups excluding tert-OH is 1. The molecule has 0 aromatic heterocycles. The summed E-state index contributed by atoms with van der Waals surface area (Å²) in [4.78, 5) is 11.1. The second kappa shape index (κ2) is 7.41. The number of nitrogens with one attached hydrogen (secondary N) is 2. The van der Waals surface area contributed by atoms with Gasteiger partial charge in [-0.05, 0) is 37.6 Å². The Hall–Kier alpha value is -1.61. The molecule has 0 aliphatic rings. The van der Waals surface area contributed by atoms with Crippen molar-refractivity contribution in [2.45, 2.75) is 29.8 Å². The van der Waals surface area contributed by atoms with Crippen LogP contribution in [0, 0.1) is 0 Å². The number of rotatable bonds is 5. The summed E-state index contributed by atoms with van der Waals surface area (Å²) in [5.74, 6) is 0. The van der Waals surface area contributed by atoms with Crippen LogP contribution < -0.4 is 10.6 Å². The smallest absolute Gasteiger partial charge is 0.396 e. The van der Waals surface area contributed by atoms with Gasteiger partial charge in [0.05, 0.1) is 0 Å². The summed E-state index contributed by atoms with van der Waals surface area (Å²) in [6.45, 7) is 1.63. The molecule has 3 N–H and O–H groups in total. The topological polar surface area (TPSA) is 78.4 Å². The molecule has 1 rings (SSSR count). The maximum atomic E-state index is 12.3. The normalized spacial score (nSPS) is 14.3. The average Bonchev–Trinajstić information content (AvgIpc) is 2.37. The van der Waals surface area contributed by atoms with Crippen molar-refractivity contribution in [1.29, 1.82) is 0 Å². The van der Waals surface area contributed by atoms with E-state index in [1.54, 1.807) is 6.92 Å². The van der Waals surface area contributed by atoms with E-state index in [0.717, 1.165) is 12.1 Å². The average molecular weight is 324 g/mol. The third-order valence-electron chi connectivity index (χ3n) is 2.48. The van der Waals surface area contributed by atoms with Gasteiger partial charge >= 0.3 is 11.5 Å². The molecule has 0 saturated carbocycles. The summed E-state index contributed by atoms with van der Waals surface area (Å²) in [5.41, 5.74) is -4.54. The molecule has 0 aliphatic carbocycles. The molecule has 0 spiro atoms. The fourth-order valence-corrected chi connectivity index (χ4v) is 2.10. The molecular formula is C12H15F3N2O3S. The van der Waals surface area contributed by atoms with Crippen LogP contribution in [0.25, 0.3) is 0 Å². The summed E-state index contributed by atoms with van der Waals surface area (Å²) in [5, 5.41) is 13.7. The Bertz CT molecular complexity index is 505. The Morgan fingerprint density at radius 3 is 2.38 bits per heavy atom. The molecule has 1 aromatic carbocycles. The molecule has 9 heteroatoms. The van der Waals surface area contributed by atoms with Crippen molar-refractivity contribution in [3.8, 4) is 0 Å². The minimum atomic E-state index is -4.81. The number of benzene rings is 1. The third kappa shape index (κ3) is 5.72. The molecule has 5 nitrogen and oxygen atoms in total. The Morgan fingerprint density at radius 1 is 1.33 bits per heavy atom. The van der Waals surface area contributed by atoms with Crippen molar-refractivity contribution in [3.63, 3.8) is 0 Å². The van der Waals surface area contributed by atoms with Crippen molar-refractivity contribution < 1.29 is 27.3 Å². The number of amides is 2. The lowest BCUT2D eigenvalue weighted by Crippen LogP contribution is -2.36. The maximum absolute atomic E-state index is 12.3. The molecule has 0 aliphatic heterocycles. The zero-order chi connectivity index (χ0) is 16.0. The first-order chi connectivity index (χ1) is 9.74. The molecular weight excluding hydrogens is 309 g/mol. The number of hydrogen-bond acceptors (Lipinski definition) is 3. The molecule has 0 fully saturated rings. The van der Waals surface area contributed by atoms with Crippen LogP contribution in [0.3, 0.4) is 0 Å². The highest BCUT2D eigenvalue weighted by atomic mass is 32.2. The summed E-state index contributed by atoms with van der Waals surface area (Å²) in [6.07, 6.45) is 0.386. The van der Waals surface area contributed by atoms with Gasteiger partial charge in [-0.1, -0.05) is 0 Å². The number of alkyl halides is 3.